The molecule has 1 saturated heterocycles. The summed E-state index contributed by atoms with van der Waals surface area (Å²) in [5, 5.41) is 11.7. The van der Waals surface area contributed by atoms with E-state index in [4.69, 9.17) is 14.3 Å². The maximum absolute atomic E-state index is 12.0. The van der Waals surface area contributed by atoms with Crippen LogP contribution in [0, 0.1) is 13.8 Å². The summed E-state index contributed by atoms with van der Waals surface area (Å²) < 4.78 is 10.4. The number of carbonyl (C=O) groups is 2. The Morgan fingerprint density at radius 1 is 1.50 bits per heavy atom. The van der Waals surface area contributed by atoms with E-state index in [9.17, 15) is 9.59 Å². The number of aromatic nitrogens is 1. The monoisotopic (exact) mass is 283 g/mol. The van der Waals surface area contributed by atoms with Crippen molar-refractivity contribution in [3.8, 4) is 0 Å². The number of carboxylic acids is 1. The van der Waals surface area contributed by atoms with Gasteiger partial charge in [0.15, 0.2) is 6.04 Å². The molecule has 110 valence electrons. The number of morpholine rings is 1. The Hall–Kier alpha value is -2.09. The first-order valence-corrected chi connectivity index (χ1v) is 6.27. The van der Waals surface area contributed by atoms with Gasteiger partial charge in [-0.2, -0.15) is 0 Å². The Labute approximate surface area is 115 Å². The molecule has 0 spiro atoms. The number of urea groups is 1. The Morgan fingerprint density at radius 3 is 2.85 bits per heavy atom. The van der Waals surface area contributed by atoms with Crippen molar-refractivity contribution in [2.24, 2.45) is 0 Å². The summed E-state index contributed by atoms with van der Waals surface area (Å²) >= 11 is 0. The van der Waals surface area contributed by atoms with E-state index in [1.165, 1.54) is 4.90 Å². The van der Waals surface area contributed by atoms with Gasteiger partial charge in [-0.05, 0) is 13.8 Å². The van der Waals surface area contributed by atoms with Crippen molar-refractivity contribution in [1.29, 1.82) is 0 Å². The largest absolute Gasteiger partial charge is 0.480 e. The molecule has 1 atom stereocenters. The molecule has 2 rings (SSSR count). The van der Waals surface area contributed by atoms with Gasteiger partial charge < -0.3 is 24.5 Å². The average Bonchev–Trinajstić information content (AvgIpc) is 2.75. The van der Waals surface area contributed by atoms with Gasteiger partial charge in [-0.15, -0.1) is 0 Å². The van der Waals surface area contributed by atoms with Crippen LogP contribution in [-0.2, 0) is 16.1 Å². The molecule has 0 bridgehead atoms. The van der Waals surface area contributed by atoms with Crippen LogP contribution in [0.2, 0.25) is 0 Å². The Bertz CT molecular complexity index is 494. The van der Waals surface area contributed by atoms with Crippen molar-refractivity contribution < 1.29 is 23.8 Å². The molecule has 8 heteroatoms. The first-order chi connectivity index (χ1) is 9.49. The summed E-state index contributed by atoms with van der Waals surface area (Å²) in [5.41, 5.74) is 0.768. The van der Waals surface area contributed by atoms with E-state index in [-0.39, 0.29) is 19.7 Å². The van der Waals surface area contributed by atoms with Crippen LogP contribution < -0.4 is 5.32 Å². The molecule has 2 heterocycles. The maximum Gasteiger partial charge on any atom is 0.328 e. The predicted octanol–water partition coefficient (Wildman–Crippen LogP) is 0.286. The lowest BCUT2D eigenvalue weighted by atomic mass is 10.2. The van der Waals surface area contributed by atoms with Gasteiger partial charge in [-0.3, -0.25) is 0 Å². The van der Waals surface area contributed by atoms with Crippen molar-refractivity contribution in [3.63, 3.8) is 0 Å². The van der Waals surface area contributed by atoms with Crippen molar-refractivity contribution in [1.82, 2.24) is 15.2 Å². The quantitative estimate of drug-likeness (QED) is 0.826. The molecule has 1 unspecified atom stereocenters. The number of carboxylic acid groups (broad SMARTS) is 1. The number of rotatable bonds is 3. The molecule has 2 N–H and O–H groups in total. The molecule has 0 aromatic carbocycles. The summed E-state index contributed by atoms with van der Waals surface area (Å²) in [4.78, 5) is 28.4. The van der Waals surface area contributed by atoms with Crippen molar-refractivity contribution in [2.45, 2.75) is 26.4 Å². The summed E-state index contributed by atoms with van der Waals surface area (Å²) in [6, 6.07) is -1.43. The number of aliphatic carboxylic acids is 1. The summed E-state index contributed by atoms with van der Waals surface area (Å²) in [7, 11) is 0. The zero-order chi connectivity index (χ0) is 14.7. The number of amides is 2. The molecule has 8 nitrogen and oxygen atoms in total. The Balaban J connectivity index is 1.94. The number of nitrogens with zero attached hydrogens (tertiary/aromatic N) is 2. The van der Waals surface area contributed by atoms with Gasteiger partial charge in [0.05, 0.1) is 25.5 Å². The molecule has 0 saturated carbocycles. The lowest BCUT2D eigenvalue weighted by Gasteiger charge is -2.32. The van der Waals surface area contributed by atoms with E-state index in [1.54, 1.807) is 6.92 Å². The Kier molecular flexibility index (Phi) is 4.23. The van der Waals surface area contributed by atoms with E-state index >= 15 is 0 Å². The maximum atomic E-state index is 12.0. The van der Waals surface area contributed by atoms with Gasteiger partial charge in [0.1, 0.15) is 5.76 Å². The van der Waals surface area contributed by atoms with Crippen molar-refractivity contribution in [2.75, 3.05) is 19.8 Å². The molecule has 0 radical (unpaired) electrons. The number of hydrogen-bond donors (Lipinski definition) is 2. The number of hydrogen-bond acceptors (Lipinski definition) is 5. The molecular formula is C12H17N3O5. The lowest BCUT2D eigenvalue weighted by Crippen LogP contribution is -2.55. The summed E-state index contributed by atoms with van der Waals surface area (Å²) in [6.45, 7) is 4.29. The predicted molar refractivity (Wildman–Crippen MR) is 67.2 cm³/mol. The third-order valence-electron chi connectivity index (χ3n) is 3.14. The fourth-order valence-electron chi connectivity index (χ4n) is 1.92. The molecule has 2 amide bonds. The smallest absolute Gasteiger partial charge is 0.328 e. The third-order valence-corrected chi connectivity index (χ3v) is 3.14. The summed E-state index contributed by atoms with van der Waals surface area (Å²) in [6.07, 6.45) is 0. The number of nitrogens with one attached hydrogen (secondary N) is 1. The third kappa shape index (κ3) is 3.08. The number of oxazole rings is 1. The zero-order valence-electron chi connectivity index (χ0n) is 11.4. The first-order valence-electron chi connectivity index (χ1n) is 6.27. The van der Waals surface area contributed by atoms with Crippen LogP contribution in [0.15, 0.2) is 4.42 Å². The average molecular weight is 283 g/mol. The Morgan fingerprint density at radius 2 is 2.25 bits per heavy atom. The van der Waals surface area contributed by atoms with E-state index in [1.807, 2.05) is 6.92 Å². The number of carbonyl (C=O) groups excluding carboxylic acids is 1. The fourth-order valence-corrected chi connectivity index (χ4v) is 1.92. The van der Waals surface area contributed by atoms with Crippen LogP contribution in [0.3, 0.4) is 0 Å². The van der Waals surface area contributed by atoms with Crippen LogP contribution in [0.4, 0.5) is 4.79 Å². The van der Waals surface area contributed by atoms with E-state index < -0.39 is 18.0 Å². The second-order valence-corrected chi connectivity index (χ2v) is 4.53. The van der Waals surface area contributed by atoms with Crippen molar-refractivity contribution in [3.05, 3.63) is 17.3 Å². The standard InChI is InChI=1S/C12H17N3O5/c1-7-8(2)20-10(14-7)5-13-12(18)15-3-4-19-6-9(15)11(16)17/h9H,3-6H2,1-2H3,(H,13,18)(H,16,17). The topological polar surface area (TPSA) is 105 Å². The van der Waals surface area contributed by atoms with E-state index in [0.717, 1.165) is 5.69 Å². The lowest BCUT2D eigenvalue weighted by molar-refractivity contribution is -0.147. The highest BCUT2D eigenvalue weighted by molar-refractivity contribution is 5.82. The molecular weight excluding hydrogens is 266 g/mol. The molecule has 1 aromatic heterocycles. The summed E-state index contributed by atoms with van der Waals surface area (Å²) in [5.74, 6) is 0.0141. The second kappa shape index (κ2) is 5.91. The normalized spacial score (nSPS) is 18.9. The highest BCUT2D eigenvalue weighted by Crippen LogP contribution is 2.10. The van der Waals surface area contributed by atoms with Crippen LogP contribution in [0.1, 0.15) is 17.3 Å². The zero-order valence-corrected chi connectivity index (χ0v) is 11.4. The minimum absolute atomic E-state index is 0.0000282. The van der Waals surface area contributed by atoms with Crippen LogP contribution in [0.25, 0.3) is 0 Å². The van der Waals surface area contributed by atoms with Gasteiger partial charge in [-0.25, -0.2) is 14.6 Å². The number of ether oxygens (including phenoxy) is 1. The molecule has 20 heavy (non-hydrogen) atoms. The second-order valence-electron chi connectivity index (χ2n) is 4.53. The van der Waals surface area contributed by atoms with Crippen LogP contribution >= 0.6 is 0 Å². The van der Waals surface area contributed by atoms with E-state index in [0.29, 0.717) is 18.3 Å². The van der Waals surface area contributed by atoms with Gasteiger partial charge >= 0.3 is 12.0 Å². The first kappa shape index (κ1) is 14.3. The van der Waals surface area contributed by atoms with Gasteiger partial charge in [-0.1, -0.05) is 0 Å². The van der Waals surface area contributed by atoms with Gasteiger partial charge in [0.25, 0.3) is 0 Å². The highest BCUT2D eigenvalue weighted by Gasteiger charge is 2.32. The SMILES string of the molecule is Cc1nc(CNC(=O)N2CCOCC2C(=O)O)oc1C. The van der Waals surface area contributed by atoms with Gasteiger partial charge in [0, 0.05) is 6.54 Å². The minimum atomic E-state index is -1.08. The molecule has 1 aliphatic rings. The number of aryl methyl sites for hydroxylation is 2. The molecule has 1 aromatic rings. The molecule has 0 aliphatic carbocycles. The van der Waals surface area contributed by atoms with Crippen LogP contribution in [0.5, 0.6) is 0 Å². The van der Waals surface area contributed by atoms with Crippen molar-refractivity contribution >= 4 is 12.0 Å². The van der Waals surface area contributed by atoms with E-state index in [2.05, 4.69) is 10.3 Å². The minimum Gasteiger partial charge on any atom is -0.480 e. The molecule has 1 fully saturated rings. The van der Waals surface area contributed by atoms with Crippen LogP contribution in [-0.4, -0.2) is 52.8 Å². The van der Waals surface area contributed by atoms with Gasteiger partial charge in [0.2, 0.25) is 5.89 Å². The highest BCUT2D eigenvalue weighted by atomic mass is 16.5. The fraction of sp³-hybridized carbons (Fsp3) is 0.583. The molecule has 1 aliphatic heterocycles.